The maximum absolute atomic E-state index is 11.9. The van der Waals surface area contributed by atoms with Crippen LogP contribution >= 0.6 is 11.3 Å². The summed E-state index contributed by atoms with van der Waals surface area (Å²) in [6, 6.07) is 0. The zero-order chi connectivity index (χ0) is 15.1. The van der Waals surface area contributed by atoms with Gasteiger partial charge in [-0.05, 0) is 26.7 Å². The van der Waals surface area contributed by atoms with E-state index in [1.54, 1.807) is 0 Å². The van der Waals surface area contributed by atoms with Gasteiger partial charge in [0, 0.05) is 32.7 Å². The first-order valence-corrected chi connectivity index (χ1v) is 8.51. The van der Waals surface area contributed by atoms with E-state index in [0.717, 1.165) is 41.6 Å². The Bertz CT molecular complexity index is 452. The number of rotatable bonds is 9. The summed E-state index contributed by atoms with van der Waals surface area (Å²) in [6.45, 7) is 8.31. The quantitative estimate of drug-likeness (QED) is 0.656. The van der Waals surface area contributed by atoms with Crippen molar-refractivity contribution in [1.29, 1.82) is 0 Å². The highest BCUT2D eigenvalue weighted by Crippen LogP contribution is 2.31. The van der Waals surface area contributed by atoms with Gasteiger partial charge in [0.05, 0.1) is 23.8 Å². The van der Waals surface area contributed by atoms with Crippen LogP contribution < -0.4 is 4.90 Å². The van der Waals surface area contributed by atoms with E-state index < -0.39 is 0 Å². The highest BCUT2D eigenvalue weighted by Gasteiger charge is 2.24. The van der Waals surface area contributed by atoms with Gasteiger partial charge < -0.3 is 14.4 Å². The molecule has 0 aromatic carbocycles. The Morgan fingerprint density at radius 2 is 1.81 bits per heavy atom. The lowest BCUT2D eigenvalue weighted by molar-refractivity contribution is 0.0976. The summed E-state index contributed by atoms with van der Waals surface area (Å²) in [7, 11) is 0. The van der Waals surface area contributed by atoms with Crippen LogP contribution in [0.5, 0.6) is 0 Å². The van der Waals surface area contributed by atoms with E-state index in [0.29, 0.717) is 32.8 Å². The van der Waals surface area contributed by atoms with Gasteiger partial charge >= 0.3 is 0 Å². The van der Waals surface area contributed by atoms with E-state index in [9.17, 15) is 4.79 Å². The standard InChI is InChI=1S/C15H24N2O3S/c1-3-19-10-8-17(9-11-20-4-2)15-16-12-6-5-7-13(18)14(12)21-15/h3-11H2,1-2H3. The third-order valence-corrected chi connectivity index (χ3v) is 4.65. The largest absolute Gasteiger partial charge is 0.380 e. The second-order valence-electron chi connectivity index (χ2n) is 4.93. The number of carbonyl (C=O) groups is 1. The summed E-state index contributed by atoms with van der Waals surface area (Å²) in [5.74, 6) is 0.245. The van der Waals surface area contributed by atoms with Crippen molar-refractivity contribution in [2.75, 3.05) is 44.4 Å². The van der Waals surface area contributed by atoms with Crippen molar-refractivity contribution < 1.29 is 14.3 Å². The van der Waals surface area contributed by atoms with Gasteiger partial charge in [-0.15, -0.1) is 0 Å². The Labute approximate surface area is 130 Å². The Hall–Kier alpha value is -0.980. The molecule has 1 aromatic rings. The van der Waals surface area contributed by atoms with E-state index in [-0.39, 0.29) is 5.78 Å². The Balaban J connectivity index is 2.05. The number of fused-ring (bicyclic) bond motifs is 1. The van der Waals surface area contributed by atoms with Crippen molar-refractivity contribution in [1.82, 2.24) is 4.98 Å². The Kier molecular flexibility index (Phi) is 6.60. The SMILES string of the molecule is CCOCCN(CCOCC)c1nc2c(s1)C(=O)CCC2. The number of ketones is 1. The Morgan fingerprint density at radius 1 is 1.14 bits per heavy atom. The smallest absolute Gasteiger partial charge is 0.186 e. The topological polar surface area (TPSA) is 51.7 Å². The van der Waals surface area contributed by atoms with Crippen LogP contribution in [0.25, 0.3) is 0 Å². The van der Waals surface area contributed by atoms with Gasteiger partial charge in [0.1, 0.15) is 0 Å². The molecule has 0 aliphatic heterocycles. The molecule has 0 amide bonds. The maximum Gasteiger partial charge on any atom is 0.186 e. The number of nitrogens with zero attached hydrogens (tertiary/aromatic N) is 2. The van der Waals surface area contributed by atoms with Crippen molar-refractivity contribution in [2.45, 2.75) is 33.1 Å². The number of hydrogen-bond acceptors (Lipinski definition) is 6. The molecule has 0 unspecified atom stereocenters. The third-order valence-electron chi connectivity index (χ3n) is 3.45. The normalized spacial score (nSPS) is 14.3. The summed E-state index contributed by atoms with van der Waals surface area (Å²) in [5, 5.41) is 0.926. The van der Waals surface area contributed by atoms with E-state index in [1.165, 1.54) is 11.3 Å². The summed E-state index contributed by atoms with van der Waals surface area (Å²) in [6.07, 6.45) is 2.50. The van der Waals surface area contributed by atoms with Crippen molar-refractivity contribution in [3.05, 3.63) is 10.6 Å². The van der Waals surface area contributed by atoms with E-state index in [1.807, 2.05) is 13.8 Å². The molecule has 6 heteroatoms. The number of thiazole rings is 1. The monoisotopic (exact) mass is 312 g/mol. The molecular weight excluding hydrogens is 288 g/mol. The fraction of sp³-hybridized carbons (Fsp3) is 0.733. The van der Waals surface area contributed by atoms with Crippen LogP contribution in [0, 0.1) is 0 Å². The second-order valence-corrected chi connectivity index (χ2v) is 5.91. The number of Topliss-reactive ketones (excluding diaryl/α,β-unsaturated/α-hetero) is 1. The molecule has 0 bridgehead atoms. The zero-order valence-electron chi connectivity index (χ0n) is 12.9. The van der Waals surface area contributed by atoms with Crippen LogP contribution in [0.1, 0.15) is 42.1 Å². The van der Waals surface area contributed by atoms with Crippen LogP contribution in [0.3, 0.4) is 0 Å². The average Bonchev–Trinajstić information content (AvgIpc) is 2.91. The first kappa shape index (κ1) is 16.4. The van der Waals surface area contributed by atoms with Gasteiger partial charge in [0.15, 0.2) is 10.9 Å². The first-order valence-electron chi connectivity index (χ1n) is 7.69. The predicted molar refractivity (Wildman–Crippen MR) is 84.6 cm³/mol. The molecule has 21 heavy (non-hydrogen) atoms. The van der Waals surface area contributed by atoms with Crippen LogP contribution in [0.15, 0.2) is 0 Å². The summed E-state index contributed by atoms with van der Waals surface area (Å²) in [5.41, 5.74) is 0.976. The fourth-order valence-corrected chi connectivity index (χ4v) is 3.46. The summed E-state index contributed by atoms with van der Waals surface area (Å²) in [4.78, 5) is 19.6. The highest BCUT2D eigenvalue weighted by molar-refractivity contribution is 7.17. The summed E-state index contributed by atoms with van der Waals surface area (Å²) >= 11 is 1.52. The average molecular weight is 312 g/mol. The molecule has 2 rings (SSSR count). The van der Waals surface area contributed by atoms with Gasteiger partial charge in [-0.2, -0.15) is 0 Å². The first-order chi connectivity index (χ1) is 10.3. The van der Waals surface area contributed by atoms with Crippen molar-refractivity contribution in [2.24, 2.45) is 0 Å². The molecule has 0 spiro atoms. The molecule has 1 aliphatic rings. The number of aromatic nitrogens is 1. The zero-order valence-corrected chi connectivity index (χ0v) is 13.7. The maximum atomic E-state index is 11.9. The number of hydrogen-bond donors (Lipinski definition) is 0. The van der Waals surface area contributed by atoms with Gasteiger partial charge in [-0.25, -0.2) is 4.98 Å². The predicted octanol–water partition coefficient (Wildman–Crippen LogP) is 2.54. The van der Waals surface area contributed by atoms with Gasteiger partial charge in [0.25, 0.3) is 0 Å². The molecule has 0 saturated heterocycles. The van der Waals surface area contributed by atoms with Crippen LogP contribution in [0.4, 0.5) is 5.13 Å². The highest BCUT2D eigenvalue weighted by atomic mass is 32.1. The van der Waals surface area contributed by atoms with Gasteiger partial charge in [-0.1, -0.05) is 11.3 Å². The molecule has 1 heterocycles. The molecular formula is C15H24N2O3S. The minimum atomic E-state index is 0.245. The van der Waals surface area contributed by atoms with Gasteiger partial charge in [-0.3, -0.25) is 4.79 Å². The lowest BCUT2D eigenvalue weighted by Gasteiger charge is -2.21. The van der Waals surface area contributed by atoms with E-state index in [2.05, 4.69) is 9.88 Å². The van der Waals surface area contributed by atoms with Crippen molar-refractivity contribution >= 4 is 22.3 Å². The number of carbonyl (C=O) groups excluding carboxylic acids is 1. The molecule has 1 aromatic heterocycles. The minimum absolute atomic E-state index is 0.245. The number of anilines is 1. The molecule has 0 N–H and O–H groups in total. The third kappa shape index (κ3) is 4.49. The number of aryl methyl sites for hydroxylation is 1. The van der Waals surface area contributed by atoms with Crippen molar-refractivity contribution in [3.8, 4) is 0 Å². The molecule has 118 valence electrons. The second kappa shape index (κ2) is 8.46. The molecule has 0 atom stereocenters. The minimum Gasteiger partial charge on any atom is -0.380 e. The summed E-state index contributed by atoms with van der Waals surface area (Å²) < 4.78 is 10.9. The molecule has 1 aliphatic carbocycles. The van der Waals surface area contributed by atoms with E-state index in [4.69, 9.17) is 9.47 Å². The van der Waals surface area contributed by atoms with Crippen molar-refractivity contribution in [3.63, 3.8) is 0 Å². The molecule has 0 fully saturated rings. The van der Waals surface area contributed by atoms with E-state index >= 15 is 0 Å². The molecule has 5 nitrogen and oxygen atoms in total. The van der Waals surface area contributed by atoms with Crippen LogP contribution in [-0.4, -0.2) is 50.3 Å². The fourth-order valence-electron chi connectivity index (χ4n) is 2.33. The lowest BCUT2D eigenvalue weighted by Crippen LogP contribution is -2.31. The van der Waals surface area contributed by atoms with Gasteiger partial charge in [0.2, 0.25) is 0 Å². The molecule has 0 saturated carbocycles. The number of ether oxygens (including phenoxy) is 2. The lowest BCUT2D eigenvalue weighted by atomic mass is 10.0. The van der Waals surface area contributed by atoms with Crippen LogP contribution in [-0.2, 0) is 15.9 Å². The van der Waals surface area contributed by atoms with Crippen LogP contribution in [0.2, 0.25) is 0 Å². The Morgan fingerprint density at radius 3 is 2.38 bits per heavy atom. The molecule has 0 radical (unpaired) electrons.